The van der Waals surface area contributed by atoms with Gasteiger partial charge < -0.3 is 10.5 Å². The molecule has 2 aromatic rings. The number of nitrogen functional groups attached to an aromatic ring is 1. The van der Waals surface area contributed by atoms with E-state index in [1.807, 2.05) is 6.07 Å². The molecule has 0 radical (unpaired) electrons. The van der Waals surface area contributed by atoms with Crippen molar-refractivity contribution in [3.05, 3.63) is 32.5 Å². The first-order valence-corrected chi connectivity index (χ1v) is 7.28. The summed E-state index contributed by atoms with van der Waals surface area (Å²) in [5.41, 5.74) is 8.50. The van der Waals surface area contributed by atoms with Crippen LogP contribution in [0.2, 0.25) is 0 Å². The van der Waals surface area contributed by atoms with Crippen molar-refractivity contribution in [2.24, 2.45) is 0 Å². The topological polar surface area (TPSA) is 73.9 Å². The maximum absolute atomic E-state index is 5.98. The molecule has 98 valence electrons. The molecule has 0 aliphatic carbocycles. The van der Waals surface area contributed by atoms with Gasteiger partial charge in [-0.2, -0.15) is 0 Å². The summed E-state index contributed by atoms with van der Waals surface area (Å²) >= 11 is 6.84. The van der Waals surface area contributed by atoms with E-state index in [0.29, 0.717) is 30.5 Å². The smallest absolute Gasteiger partial charge is 0.181 e. The van der Waals surface area contributed by atoms with E-state index in [1.54, 1.807) is 6.20 Å². The van der Waals surface area contributed by atoms with Gasteiger partial charge in [0.1, 0.15) is 11.5 Å². The van der Waals surface area contributed by atoms with E-state index < -0.39 is 0 Å². The molecule has 0 unspecified atom stereocenters. The van der Waals surface area contributed by atoms with Crippen LogP contribution in [0.5, 0.6) is 0 Å². The molecule has 1 aliphatic rings. The zero-order valence-corrected chi connectivity index (χ0v) is 13.0. The van der Waals surface area contributed by atoms with Gasteiger partial charge in [-0.05, 0) is 37.9 Å². The number of halogens is 2. The number of anilines is 1. The first-order chi connectivity index (χ1) is 9.15. The predicted octanol–water partition coefficient (Wildman–Crippen LogP) is 2.72. The Kier molecular flexibility index (Phi) is 3.51. The van der Waals surface area contributed by atoms with E-state index in [9.17, 15) is 0 Å². The van der Waals surface area contributed by atoms with Crippen molar-refractivity contribution < 1.29 is 4.74 Å². The lowest BCUT2D eigenvalue weighted by atomic mass is 10.1. The Morgan fingerprint density at radius 1 is 1.26 bits per heavy atom. The quantitative estimate of drug-likeness (QED) is 0.816. The molecule has 2 aromatic heterocycles. The van der Waals surface area contributed by atoms with E-state index in [2.05, 4.69) is 46.8 Å². The van der Waals surface area contributed by atoms with Gasteiger partial charge in [0.2, 0.25) is 0 Å². The monoisotopic (exact) mass is 384 g/mol. The molecule has 0 aromatic carbocycles. The minimum Gasteiger partial charge on any atom is -0.383 e. The molecule has 7 heteroatoms. The Balaban J connectivity index is 2.13. The molecule has 0 saturated carbocycles. The third kappa shape index (κ3) is 2.50. The van der Waals surface area contributed by atoms with Crippen LogP contribution in [0.15, 0.2) is 21.2 Å². The van der Waals surface area contributed by atoms with Crippen molar-refractivity contribution in [1.82, 2.24) is 15.0 Å². The van der Waals surface area contributed by atoms with Crippen LogP contribution in [0.3, 0.4) is 0 Å². The van der Waals surface area contributed by atoms with E-state index in [4.69, 9.17) is 10.5 Å². The normalized spacial score (nSPS) is 14.2. The Hall–Kier alpha value is -1.05. The molecule has 0 atom stereocenters. The first kappa shape index (κ1) is 13.0. The highest BCUT2D eigenvalue weighted by molar-refractivity contribution is 9.11. The Morgan fingerprint density at radius 2 is 2.11 bits per heavy atom. The largest absolute Gasteiger partial charge is 0.383 e. The number of pyridine rings is 1. The molecule has 5 nitrogen and oxygen atoms in total. The number of fused-ring (bicyclic) bond motifs is 1. The maximum Gasteiger partial charge on any atom is 0.181 e. The Bertz CT molecular complexity index is 648. The van der Waals surface area contributed by atoms with Gasteiger partial charge in [-0.15, -0.1) is 0 Å². The number of aromatic nitrogens is 3. The molecule has 0 spiro atoms. The van der Waals surface area contributed by atoms with Crippen molar-refractivity contribution in [3.63, 3.8) is 0 Å². The summed E-state index contributed by atoms with van der Waals surface area (Å²) in [4.78, 5) is 13.2. The van der Waals surface area contributed by atoms with Crippen molar-refractivity contribution >= 4 is 37.7 Å². The van der Waals surface area contributed by atoms with Crippen molar-refractivity contribution in [3.8, 4) is 11.5 Å². The highest BCUT2D eigenvalue weighted by Crippen LogP contribution is 2.29. The van der Waals surface area contributed by atoms with Gasteiger partial charge in [0, 0.05) is 27.1 Å². The molecule has 19 heavy (non-hydrogen) atoms. The molecular formula is C12H10Br2N4O. The fourth-order valence-electron chi connectivity index (χ4n) is 1.94. The third-order valence-electron chi connectivity index (χ3n) is 2.87. The lowest BCUT2D eigenvalue weighted by molar-refractivity contribution is 0.109. The highest BCUT2D eigenvalue weighted by Gasteiger charge is 2.18. The molecule has 3 rings (SSSR count). The maximum atomic E-state index is 5.98. The van der Waals surface area contributed by atoms with E-state index >= 15 is 0 Å². The Morgan fingerprint density at radius 3 is 2.89 bits per heavy atom. The molecule has 0 saturated heterocycles. The van der Waals surface area contributed by atoms with Crippen molar-refractivity contribution in [2.45, 2.75) is 13.0 Å². The van der Waals surface area contributed by atoms with Gasteiger partial charge in [0.05, 0.1) is 18.9 Å². The molecule has 0 fully saturated rings. The van der Waals surface area contributed by atoms with Gasteiger partial charge in [-0.1, -0.05) is 0 Å². The van der Waals surface area contributed by atoms with E-state index in [-0.39, 0.29) is 0 Å². The summed E-state index contributed by atoms with van der Waals surface area (Å²) in [6.45, 7) is 1.15. The standard InChI is InChI=1S/C12H10Br2N4O/c13-6-3-8(14)10(16-4-6)12-17-9-1-2-19-5-7(9)11(15)18-12/h3-4H,1-2,5H2,(H2,15,17,18). The summed E-state index contributed by atoms with van der Waals surface area (Å²) in [5.74, 6) is 1.01. The summed E-state index contributed by atoms with van der Waals surface area (Å²) in [7, 11) is 0. The number of nitrogens with zero attached hydrogens (tertiary/aromatic N) is 3. The number of nitrogens with two attached hydrogens (primary N) is 1. The molecule has 0 bridgehead atoms. The zero-order chi connectivity index (χ0) is 13.4. The van der Waals surface area contributed by atoms with Crippen LogP contribution in [-0.4, -0.2) is 21.6 Å². The summed E-state index contributed by atoms with van der Waals surface area (Å²) in [6, 6.07) is 1.91. The second-order valence-corrected chi connectivity index (χ2v) is 5.91. The molecule has 0 amide bonds. The minimum absolute atomic E-state index is 0.469. The highest BCUT2D eigenvalue weighted by atomic mass is 79.9. The van der Waals surface area contributed by atoms with E-state index in [1.165, 1.54) is 0 Å². The molecule has 3 heterocycles. The van der Waals surface area contributed by atoms with Crippen LogP contribution >= 0.6 is 31.9 Å². The van der Waals surface area contributed by atoms with Crippen molar-refractivity contribution in [2.75, 3.05) is 12.3 Å². The Labute approximate surface area is 126 Å². The van der Waals surface area contributed by atoms with Crippen LogP contribution < -0.4 is 5.73 Å². The van der Waals surface area contributed by atoms with Gasteiger partial charge in [-0.25, -0.2) is 9.97 Å². The van der Waals surface area contributed by atoms with Crippen LogP contribution in [0.1, 0.15) is 11.3 Å². The second-order valence-electron chi connectivity index (χ2n) is 4.14. The minimum atomic E-state index is 0.469. The molecular weight excluding hydrogens is 376 g/mol. The second kappa shape index (κ2) is 5.15. The fraction of sp³-hybridized carbons (Fsp3) is 0.250. The van der Waals surface area contributed by atoms with Gasteiger partial charge in [-0.3, -0.25) is 4.98 Å². The zero-order valence-electron chi connectivity index (χ0n) is 9.86. The number of hydrogen-bond acceptors (Lipinski definition) is 5. The predicted molar refractivity (Wildman–Crippen MR) is 78.4 cm³/mol. The van der Waals surface area contributed by atoms with Gasteiger partial charge in [0.15, 0.2) is 5.82 Å². The van der Waals surface area contributed by atoms with E-state index in [0.717, 1.165) is 26.6 Å². The van der Waals surface area contributed by atoms with Gasteiger partial charge >= 0.3 is 0 Å². The van der Waals surface area contributed by atoms with Crippen LogP contribution in [0.25, 0.3) is 11.5 Å². The summed E-state index contributed by atoms with van der Waals surface area (Å²) in [5, 5.41) is 0. The lowest BCUT2D eigenvalue weighted by Crippen LogP contribution is -2.16. The summed E-state index contributed by atoms with van der Waals surface area (Å²) in [6.07, 6.45) is 2.46. The average Bonchev–Trinajstić information content (AvgIpc) is 2.38. The number of hydrogen-bond donors (Lipinski definition) is 1. The first-order valence-electron chi connectivity index (χ1n) is 5.69. The fourth-order valence-corrected chi connectivity index (χ4v) is 3.11. The van der Waals surface area contributed by atoms with Crippen molar-refractivity contribution in [1.29, 1.82) is 0 Å². The lowest BCUT2D eigenvalue weighted by Gasteiger charge is -2.17. The van der Waals surface area contributed by atoms with Gasteiger partial charge in [0.25, 0.3) is 0 Å². The van der Waals surface area contributed by atoms with Crippen LogP contribution in [-0.2, 0) is 17.8 Å². The number of rotatable bonds is 1. The van der Waals surface area contributed by atoms with Crippen LogP contribution in [0.4, 0.5) is 5.82 Å². The molecule has 2 N–H and O–H groups in total. The third-order valence-corrected chi connectivity index (χ3v) is 3.91. The number of ether oxygens (including phenoxy) is 1. The SMILES string of the molecule is Nc1nc(-c2ncc(Br)cc2Br)nc2c1COCC2. The van der Waals surface area contributed by atoms with Crippen LogP contribution in [0, 0.1) is 0 Å². The average molecular weight is 386 g/mol. The summed E-state index contributed by atoms with van der Waals surface area (Å²) < 4.78 is 7.09. The molecule has 1 aliphatic heterocycles.